The van der Waals surface area contributed by atoms with Crippen molar-refractivity contribution in [2.45, 2.75) is 26.8 Å². The molecule has 1 aliphatic heterocycles. The molecule has 1 aromatic carbocycles. The number of carbonyl (C=O) groups is 1. The van der Waals surface area contributed by atoms with Crippen molar-refractivity contribution < 1.29 is 14.6 Å². The minimum Gasteiger partial charge on any atom is -0.481 e. The van der Waals surface area contributed by atoms with Crippen LogP contribution in [0.15, 0.2) is 12.1 Å². The molecular formula is C15H21NO3. The molecule has 19 heavy (non-hydrogen) atoms. The highest BCUT2D eigenvalue weighted by Gasteiger charge is 2.53. The Balaban J connectivity index is 2.48. The molecule has 4 heteroatoms. The number of hydrogen-bond acceptors (Lipinski definition) is 3. The van der Waals surface area contributed by atoms with Crippen molar-refractivity contribution >= 4 is 5.97 Å². The zero-order chi connectivity index (χ0) is 14.2. The molecule has 2 N–H and O–H groups in total. The summed E-state index contributed by atoms with van der Waals surface area (Å²) in [7, 11) is 1.81. The molecule has 1 atom stereocenters. The highest BCUT2D eigenvalue weighted by Crippen LogP contribution is 2.42. The summed E-state index contributed by atoms with van der Waals surface area (Å²) in [6.07, 6.45) is 0. The van der Waals surface area contributed by atoms with Crippen LogP contribution in [0.4, 0.5) is 0 Å². The van der Waals surface area contributed by atoms with E-state index in [0.717, 1.165) is 11.1 Å². The fourth-order valence-corrected chi connectivity index (χ4v) is 2.76. The van der Waals surface area contributed by atoms with E-state index in [-0.39, 0.29) is 19.3 Å². The third kappa shape index (κ3) is 2.15. The lowest BCUT2D eigenvalue weighted by Crippen LogP contribution is -2.56. The molecule has 0 aliphatic carbocycles. The Morgan fingerprint density at radius 1 is 1.26 bits per heavy atom. The van der Waals surface area contributed by atoms with Crippen molar-refractivity contribution in [2.24, 2.45) is 5.41 Å². The maximum absolute atomic E-state index is 11.6. The zero-order valence-electron chi connectivity index (χ0n) is 11.9. The van der Waals surface area contributed by atoms with Gasteiger partial charge in [-0.25, -0.2) is 0 Å². The van der Waals surface area contributed by atoms with E-state index in [4.69, 9.17) is 4.74 Å². The van der Waals surface area contributed by atoms with Crippen LogP contribution < -0.4 is 5.32 Å². The number of ether oxygens (including phenoxy) is 1. The highest BCUT2D eigenvalue weighted by molar-refractivity contribution is 5.77. The van der Waals surface area contributed by atoms with E-state index in [0.29, 0.717) is 0 Å². The Hall–Kier alpha value is -1.39. The SMILES string of the molecule is CNC(c1cc(C)c(C)cc1C)C1(C(=O)O)COC1. The Morgan fingerprint density at radius 2 is 1.84 bits per heavy atom. The largest absolute Gasteiger partial charge is 0.481 e. The van der Waals surface area contributed by atoms with E-state index < -0.39 is 11.4 Å². The van der Waals surface area contributed by atoms with Crippen LogP contribution in [-0.4, -0.2) is 31.3 Å². The lowest BCUT2D eigenvalue weighted by molar-refractivity contribution is -0.186. The summed E-state index contributed by atoms with van der Waals surface area (Å²) in [6, 6.07) is 3.98. The second-order valence-electron chi connectivity index (χ2n) is 5.47. The minimum absolute atomic E-state index is 0.224. The first kappa shape index (κ1) is 14.0. The van der Waals surface area contributed by atoms with Gasteiger partial charge in [-0.1, -0.05) is 12.1 Å². The van der Waals surface area contributed by atoms with Gasteiger partial charge in [0.1, 0.15) is 5.41 Å². The second-order valence-corrected chi connectivity index (χ2v) is 5.47. The van der Waals surface area contributed by atoms with E-state index in [1.54, 1.807) is 0 Å². The van der Waals surface area contributed by atoms with E-state index >= 15 is 0 Å². The van der Waals surface area contributed by atoms with E-state index in [9.17, 15) is 9.90 Å². The lowest BCUT2D eigenvalue weighted by Gasteiger charge is -2.44. The number of nitrogens with one attached hydrogen (secondary N) is 1. The van der Waals surface area contributed by atoms with E-state index in [1.165, 1.54) is 11.1 Å². The molecule has 104 valence electrons. The molecular weight excluding hydrogens is 242 g/mol. The number of rotatable bonds is 4. The molecule has 1 saturated heterocycles. The van der Waals surface area contributed by atoms with Gasteiger partial charge >= 0.3 is 5.97 Å². The topological polar surface area (TPSA) is 58.6 Å². The molecule has 0 amide bonds. The Morgan fingerprint density at radius 3 is 2.26 bits per heavy atom. The van der Waals surface area contributed by atoms with Gasteiger partial charge < -0.3 is 15.2 Å². The van der Waals surface area contributed by atoms with Crippen molar-refractivity contribution in [1.82, 2.24) is 5.32 Å². The second kappa shape index (κ2) is 4.94. The Bertz CT molecular complexity index is 506. The van der Waals surface area contributed by atoms with Crippen molar-refractivity contribution in [3.63, 3.8) is 0 Å². The fraction of sp³-hybridized carbons (Fsp3) is 0.533. The van der Waals surface area contributed by atoms with Crippen LogP contribution in [0.2, 0.25) is 0 Å². The lowest BCUT2D eigenvalue weighted by atomic mass is 9.74. The Labute approximate surface area is 113 Å². The maximum Gasteiger partial charge on any atom is 0.316 e. The van der Waals surface area contributed by atoms with Crippen LogP contribution in [0.1, 0.15) is 28.3 Å². The van der Waals surface area contributed by atoms with Gasteiger partial charge in [-0.3, -0.25) is 4.79 Å². The molecule has 1 aromatic rings. The predicted octanol–water partition coefficient (Wildman–Crippen LogP) is 1.97. The standard InChI is InChI=1S/C15H21NO3/c1-9-5-11(3)12(6-10(9)2)13(16-4)15(14(17)18)7-19-8-15/h5-6,13,16H,7-8H2,1-4H3,(H,17,18). The van der Waals surface area contributed by atoms with Gasteiger partial charge in [0, 0.05) is 0 Å². The molecule has 1 fully saturated rings. The van der Waals surface area contributed by atoms with Gasteiger partial charge in [0.15, 0.2) is 0 Å². The summed E-state index contributed by atoms with van der Waals surface area (Å²) in [6.45, 7) is 6.68. The van der Waals surface area contributed by atoms with E-state index in [2.05, 4.69) is 31.3 Å². The molecule has 2 rings (SSSR count). The van der Waals surface area contributed by atoms with Gasteiger partial charge in [-0.05, 0) is 50.1 Å². The van der Waals surface area contributed by atoms with Gasteiger partial charge in [-0.2, -0.15) is 0 Å². The molecule has 4 nitrogen and oxygen atoms in total. The smallest absolute Gasteiger partial charge is 0.316 e. The molecule has 0 spiro atoms. The van der Waals surface area contributed by atoms with Crippen LogP contribution in [0.25, 0.3) is 0 Å². The average molecular weight is 263 g/mol. The van der Waals surface area contributed by atoms with Crippen LogP contribution in [0.3, 0.4) is 0 Å². The van der Waals surface area contributed by atoms with Crippen LogP contribution in [-0.2, 0) is 9.53 Å². The first-order valence-corrected chi connectivity index (χ1v) is 6.48. The van der Waals surface area contributed by atoms with Crippen molar-refractivity contribution in [2.75, 3.05) is 20.3 Å². The summed E-state index contributed by atoms with van der Waals surface area (Å²) in [5.41, 5.74) is 3.74. The number of benzene rings is 1. The quantitative estimate of drug-likeness (QED) is 0.872. The average Bonchev–Trinajstić information content (AvgIpc) is 2.28. The summed E-state index contributed by atoms with van der Waals surface area (Å²) in [5.74, 6) is -0.796. The monoisotopic (exact) mass is 263 g/mol. The molecule has 0 aromatic heterocycles. The summed E-state index contributed by atoms with van der Waals surface area (Å²) < 4.78 is 5.18. The third-order valence-electron chi connectivity index (χ3n) is 4.18. The Kier molecular flexibility index (Phi) is 3.65. The zero-order valence-corrected chi connectivity index (χ0v) is 11.9. The first-order chi connectivity index (χ1) is 8.92. The fourth-order valence-electron chi connectivity index (χ4n) is 2.76. The van der Waals surface area contributed by atoms with Crippen molar-refractivity contribution in [1.29, 1.82) is 0 Å². The third-order valence-corrected chi connectivity index (χ3v) is 4.18. The molecule has 1 aliphatic rings. The predicted molar refractivity (Wildman–Crippen MR) is 73.3 cm³/mol. The number of hydrogen-bond donors (Lipinski definition) is 2. The van der Waals surface area contributed by atoms with Crippen LogP contribution in [0.5, 0.6) is 0 Å². The summed E-state index contributed by atoms with van der Waals surface area (Å²) >= 11 is 0. The molecule has 0 radical (unpaired) electrons. The van der Waals surface area contributed by atoms with Crippen molar-refractivity contribution in [3.8, 4) is 0 Å². The minimum atomic E-state index is -0.846. The normalized spacial score (nSPS) is 18.7. The summed E-state index contributed by atoms with van der Waals surface area (Å²) in [5, 5.41) is 12.7. The number of carboxylic acid groups (broad SMARTS) is 1. The van der Waals surface area contributed by atoms with E-state index in [1.807, 2.05) is 14.0 Å². The highest BCUT2D eigenvalue weighted by atomic mass is 16.5. The van der Waals surface area contributed by atoms with Crippen molar-refractivity contribution in [3.05, 3.63) is 34.4 Å². The number of aliphatic carboxylic acids is 1. The number of carboxylic acids is 1. The molecule has 1 unspecified atom stereocenters. The van der Waals surface area contributed by atoms with Crippen LogP contribution >= 0.6 is 0 Å². The van der Waals surface area contributed by atoms with Gasteiger partial charge in [0.2, 0.25) is 0 Å². The van der Waals surface area contributed by atoms with Gasteiger partial charge in [-0.15, -0.1) is 0 Å². The molecule has 0 saturated carbocycles. The van der Waals surface area contributed by atoms with Gasteiger partial charge in [0.05, 0.1) is 19.3 Å². The van der Waals surface area contributed by atoms with Gasteiger partial charge in [0.25, 0.3) is 0 Å². The summed E-state index contributed by atoms with van der Waals surface area (Å²) in [4.78, 5) is 11.6. The maximum atomic E-state index is 11.6. The molecule has 1 heterocycles. The number of aryl methyl sites for hydroxylation is 3. The first-order valence-electron chi connectivity index (χ1n) is 6.48. The van der Waals surface area contributed by atoms with Crippen LogP contribution in [0, 0.1) is 26.2 Å². The molecule has 0 bridgehead atoms.